The van der Waals surface area contributed by atoms with Crippen LogP contribution in [0.1, 0.15) is 83.3 Å². The van der Waals surface area contributed by atoms with Crippen LogP contribution in [0.3, 0.4) is 0 Å². The van der Waals surface area contributed by atoms with Crippen LogP contribution in [0.15, 0.2) is 30.3 Å². The summed E-state index contributed by atoms with van der Waals surface area (Å²) in [7, 11) is 0. The quantitative estimate of drug-likeness (QED) is 0.381. The zero-order valence-corrected chi connectivity index (χ0v) is 24.4. The SMILES string of the molecule is CC1CCC(CC(=O)[C@@H]2N[C@@H](CC(C)(C)C)[C@@]3(C(=O)Nc4cc(Cl)c(F)cc43)[C@H]2c2cccc(Cl)c2F)CC1. The standard InChI is InChI=1S/C31H36Cl2F2N2O2/c1-16-8-10-17(11-9-16)12-24(38)28-26(18-6-5-7-20(32)27(18)35)31(25(37-28)15-30(2,3)4)19-13-22(34)21(33)14-23(19)36-29(31)39/h5-7,13-14,16-17,25-26,28,37H,8-12,15H2,1-4H3,(H,36,39)/t16?,17?,25-,26-,28-,31+/m0/s1. The summed E-state index contributed by atoms with van der Waals surface area (Å²) in [5.41, 5.74) is -0.745. The first-order valence-electron chi connectivity index (χ1n) is 13.9. The minimum Gasteiger partial charge on any atom is -0.325 e. The van der Waals surface area contributed by atoms with Crippen molar-refractivity contribution >= 4 is 40.6 Å². The van der Waals surface area contributed by atoms with Gasteiger partial charge in [-0.05, 0) is 65.8 Å². The molecule has 4 nitrogen and oxygen atoms in total. The van der Waals surface area contributed by atoms with Gasteiger partial charge in [-0.2, -0.15) is 0 Å². The number of anilines is 1. The molecule has 2 aliphatic heterocycles. The molecule has 2 aromatic rings. The monoisotopic (exact) mass is 576 g/mol. The van der Waals surface area contributed by atoms with Crippen molar-refractivity contribution in [2.75, 3.05) is 5.32 Å². The number of halogens is 4. The van der Waals surface area contributed by atoms with Gasteiger partial charge in [0.25, 0.3) is 0 Å². The van der Waals surface area contributed by atoms with Crippen molar-refractivity contribution in [3.05, 3.63) is 63.1 Å². The number of hydrogen-bond acceptors (Lipinski definition) is 3. The number of Topliss-reactive ketones (excluding diaryl/α,β-unsaturated/α-hetero) is 1. The van der Waals surface area contributed by atoms with E-state index in [-0.39, 0.29) is 32.7 Å². The molecule has 1 saturated heterocycles. The minimum absolute atomic E-state index is 0.0506. The topological polar surface area (TPSA) is 58.2 Å². The summed E-state index contributed by atoms with van der Waals surface area (Å²) >= 11 is 12.4. The largest absolute Gasteiger partial charge is 0.325 e. The van der Waals surface area contributed by atoms with Crippen molar-refractivity contribution in [1.29, 1.82) is 0 Å². The zero-order chi connectivity index (χ0) is 28.3. The van der Waals surface area contributed by atoms with Crippen molar-refractivity contribution in [3.63, 3.8) is 0 Å². The molecule has 1 saturated carbocycles. The van der Waals surface area contributed by atoms with Gasteiger partial charge < -0.3 is 10.6 Å². The highest BCUT2D eigenvalue weighted by Gasteiger charge is 2.66. The van der Waals surface area contributed by atoms with Crippen LogP contribution < -0.4 is 10.6 Å². The van der Waals surface area contributed by atoms with E-state index in [1.807, 2.05) is 20.8 Å². The van der Waals surface area contributed by atoms with E-state index in [0.717, 1.165) is 25.7 Å². The smallest absolute Gasteiger partial charge is 0.237 e. The van der Waals surface area contributed by atoms with E-state index in [0.29, 0.717) is 30.0 Å². The van der Waals surface area contributed by atoms with Gasteiger partial charge in [-0.1, -0.05) is 75.9 Å². The number of benzene rings is 2. The maximum Gasteiger partial charge on any atom is 0.237 e. The predicted octanol–water partition coefficient (Wildman–Crippen LogP) is 7.81. The predicted molar refractivity (Wildman–Crippen MR) is 151 cm³/mol. The maximum atomic E-state index is 15.8. The third-order valence-corrected chi connectivity index (χ3v) is 9.57. The lowest BCUT2D eigenvalue weighted by Crippen LogP contribution is -2.49. The van der Waals surface area contributed by atoms with Crippen LogP contribution in [0.5, 0.6) is 0 Å². The first-order valence-corrected chi connectivity index (χ1v) is 14.6. The molecule has 1 spiro atoms. The summed E-state index contributed by atoms with van der Waals surface area (Å²) in [5, 5.41) is 6.20. The van der Waals surface area contributed by atoms with Crippen LogP contribution in [0.4, 0.5) is 14.5 Å². The Morgan fingerprint density at radius 3 is 2.44 bits per heavy atom. The Kier molecular flexibility index (Phi) is 7.62. The van der Waals surface area contributed by atoms with Crippen LogP contribution in [-0.4, -0.2) is 23.8 Å². The molecule has 0 unspecified atom stereocenters. The molecular weight excluding hydrogens is 541 g/mol. The van der Waals surface area contributed by atoms with Crippen LogP contribution in [0.25, 0.3) is 0 Å². The molecule has 2 aromatic carbocycles. The summed E-state index contributed by atoms with van der Waals surface area (Å²) in [5.74, 6) is -1.81. The highest BCUT2D eigenvalue weighted by molar-refractivity contribution is 6.31. The highest BCUT2D eigenvalue weighted by atomic mass is 35.5. The Morgan fingerprint density at radius 1 is 1.08 bits per heavy atom. The molecule has 1 amide bonds. The molecule has 2 N–H and O–H groups in total. The van der Waals surface area contributed by atoms with E-state index in [1.165, 1.54) is 18.2 Å². The molecule has 1 aliphatic carbocycles. The fraction of sp³-hybridized carbons (Fsp3) is 0.548. The lowest BCUT2D eigenvalue weighted by Gasteiger charge is -2.38. The van der Waals surface area contributed by atoms with Gasteiger partial charge in [-0.3, -0.25) is 9.59 Å². The highest BCUT2D eigenvalue weighted by Crippen LogP contribution is 2.57. The lowest BCUT2D eigenvalue weighted by molar-refractivity contribution is -0.123. The van der Waals surface area contributed by atoms with Gasteiger partial charge in [0.15, 0.2) is 5.78 Å². The van der Waals surface area contributed by atoms with Crippen molar-refractivity contribution in [1.82, 2.24) is 5.32 Å². The van der Waals surface area contributed by atoms with E-state index >= 15 is 8.78 Å². The summed E-state index contributed by atoms with van der Waals surface area (Å²) < 4.78 is 30.9. The number of amides is 1. The molecule has 2 fully saturated rings. The molecule has 2 heterocycles. The Morgan fingerprint density at radius 2 is 1.77 bits per heavy atom. The fourth-order valence-corrected chi connectivity index (χ4v) is 7.51. The van der Waals surface area contributed by atoms with E-state index < -0.39 is 41.0 Å². The maximum absolute atomic E-state index is 15.8. The Balaban J connectivity index is 1.69. The van der Waals surface area contributed by atoms with E-state index in [2.05, 4.69) is 17.6 Å². The number of ketones is 1. The number of rotatable bonds is 5. The molecule has 0 aromatic heterocycles. The van der Waals surface area contributed by atoms with Crippen molar-refractivity contribution in [3.8, 4) is 0 Å². The van der Waals surface area contributed by atoms with Gasteiger partial charge >= 0.3 is 0 Å². The average Bonchev–Trinajstić information content (AvgIpc) is 3.32. The Labute approximate surface area is 239 Å². The molecule has 0 radical (unpaired) electrons. The van der Waals surface area contributed by atoms with Crippen molar-refractivity contribution in [2.45, 2.75) is 89.6 Å². The Bertz CT molecular complexity index is 1300. The summed E-state index contributed by atoms with van der Waals surface area (Å²) in [6.07, 6.45) is 4.95. The third-order valence-electron chi connectivity index (χ3n) is 8.99. The van der Waals surface area contributed by atoms with Gasteiger partial charge in [0.05, 0.1) is 16.1 Å². The van der Waals surface area contributed by atoms with Crippen molar-refractivity contribution in [2.24, 2.45) is 17.3 Å². The molecule has 8 heteroatoms. The molecule has 3 aliphatic rings. The van der Waals surface area contributed by atoms with Gasteiger partial charge in [-0.25, -0.2) is 8.78 Å². The second-order valence-electron chi connectivity index (χ2n) is 13.0. The average molecular weight is 578 g/mol. The number of carbonyl (C=O) groups excluding carboxylic acids is 2. The number of nitrogens with one attached hydrogen (secondary N) is 2. The zero-order valence-electron chi connectivity index (χ0n) is 22.8. The first-order chi connectivity index (χ1) is 18.3. The lowest BCUT2D eigenvalue weighted by atomic mass is 9.62. The molecule has 39 heavy (non-hydrogen) atoms. The third kappa shape index (κ3) is 5.02. The van der Waals surface area contributed by atoms with Crippen LogP contribution >= 0.6 is 23.2 Å². The van der Waals surface area contributed by atoms with E-state index in [1.54, 1.807) is 12.1 Å². The van der Waals surface area contributed by atoms with Crippen LogP contribution in [0.2, 0.25) is 10.0 Å². The number of hydrogen-bond donors (Lipinski definition) is 2. The molecule has 210 valence electrons. The Hall–Kier alpha value is -2.02. The molecule has 5 rings (SSSR count). The van der Waals surface area contributed by atoms with E-state index in [4.69, 9.17) is 23.2 Å². The summed E-state index contributed by atoms with van der Waals surface area (Å²) in [6, 6.07) is 5.93. The second kappa shape index (κ2) is 10.4. The van der Waals surface area contributed by atoms with Gasteiger partial charge in [0.2, 0.25) is 5.91 Å². The molecular formula is C31H36Cl2F2N2O2. The van der Waals surface area contributed by atoms with Crippen molar-refractivity contribution < 1.29 is 18.4 Å². The van der Waals surface area contributed by atoms with Gasteiger partial charge in [-0.15, -0.1) is 0 Å². The minimum atomic E-state index is -1.44. The number of carbonyl (C=O) groups is 2. The number of fused-ring (bicyclic) bond motifs is 2. The molecule has 0 bridgehead atoms. The van der Waals surface area contributed by atoms with Crippen LogP contribution in [0, 0.1) is 28.9 Å². The first kappa shape index (κ1) is 28.5. The summed E-state index contributed by atoms with van der Waals surface area (Å²) in [4.78, 5) is 28.3. The van der Waals surface area contributed by atoms with Gasteiger partial charge in [0, 0.05) is 24.1 Å². The molecule has 4 atom stereocenters. The van der Waals surface area contributed by atoms with E-state index in [9.17, 15) is 9.59 Å². The fourth-order valence-electron chi connectivity index (χ4n) is 7.16. The second-order valence-corrected chi connectivity index (χ2v) is 13.8. The summed E-state index contributed by atoms with van der Waals surface area (Å²) in [6.45, 7) is 8.38. The van der Waals surface area contributed by atoms with Gasteiger partial charge in [0.1, 0.15) is 17.0 Å². The van der Waals surface area contributed by atoms with Crippen LogP contribution in [-0.2, 0) is 15.0 Å². The normalized spacial score (nSPS) is 30.5.